The van der Waals surface area contributed by atoms with Crippen molar-refractivity contribution < 1.29 is 22.0 Å². The van der Waals surface area contributed by atoms with Crippen LogP contribution in [0.25, 0.3) is 22.2 Å². The molecule has 40 heavy (non-hydrogen) atoms. The average molecular weight is 580 g/mol. The molecule has 0 atom stereocenters. The van der Waals surface area contributed by atoms with E-state index in [1.807, 2.05) is 36.4 Å². The topological polar surface area (TPSA) is 106 Å². The predicted molar refractivity (Wildman–Crippen MR) is 154 cm³/mol. The van der Waals surface area contributed by atoms with Crippen molar-refractivity contribution in [3.8, 4) is 17.1 Å². The van der Waals surface area contributed by atoms with Gasteiger partial charge in [-0.3, -0.25) is 0 Å². The van der Waals surface area contributed by atoms with Crippen LogP contribution in [-0.4, -0.2) is 36.9 Å². The summed E-state index contributed by atoms with van der Waals surface area (Å²) in [5.74, 6) is 2.17. The Morgan fingerprint density at radius 3 is 2.70 bits per heavy atom. The van der Waals surface area contributed by atoms with Gasteiger partial charge in [0.05, 0.1) is 22.8 Å². The van der Waals surface area contributed by atoms with E-state index in [1.165, 1.54) is 24.7 Å². The molecule has 11 heteroatoms. The summed E-state index contributed by atoms with van der Waals surface area (Å²) >= 11 is 6.47. The zero-order valence-corrected chi connectivity index (χ0v) is 23.1. The van der Waals surface area contributed by atoms with Crippen molar-refractivity contribution in [2.24, 2.45) is 0 Å². The highest BCUT2D eigenvalue weighted by atomic mass is 35.5. The molecule has 0 saturated carbocycles. The minimum Gasteiger partial charge on any atom is -0.487 e. The minimum atomic E-state index is -3.02. The van der Waals surface area contributed by atoms with E-state index in [4.69, 9.17) is 20.8 Å². The molecule has 0 spiro atoms. The van der Waals surface area contributed by atoms with Crippen LogP contribution in [0, 0.1) is 5.82 Å². The van der Waals surface area contributed by atoms with E-state index in [9.17, 15) is 12.8 Å². The Morgan fingerprint density at radius 2 is 1.90 bits per heavy atom. The summed E-state index contributed by atoms with van der Waals surface area (Å²) in [5, 5.41) is 7.56. The maximum absolute atomic E-state index is 13.4. The van der Waals surface area contributed by atoms with E-state index in [0.29, 0.717) is 52.5 Å². The largest absolute Gasteiger partial charge is 0.487 e. The first-order valence-corrected chi connectivity index (χ1v) is 14.8. The molecule has 5 aromatic rings. The summed E-state index contributed by atoms with van der Waals surface area (Å²) in [5.41, 5.74) is 2.99. The molecule has 0 aliphatic heterocycles. The molecule has 2 aromatic heterocycles. The summed E-state index contributed by atoms with van der Waals surface area (Å²) in [4.78, 5) is 8.80. The van der Waals surface area contributed by atoms with Gasteiger partial charge in [-0.25, -0.2) is 22.8 Å². The number of hydrogen-bond acceptors (Lipinski definition) is 8. The van der Waals surface area contributed by atoms with Gasteiger partial charge in [-0.1, -0.05) is 23.7 Å². The summed E-state index contributed by atoms with van der Waals surface area (Å²) < 4.78 is 47.8. The molecule has 0 aliphatic carbocycles. The Labute approximate surface area is 236 Å². The molecule has 0 aliphatic rings. The fraction of sp³-hybridized carbons (Fsp3) is 0.172. The minimum absolute atomic E-state index is 0.0664. The number of nitrogens with zero attached hydrogens (tertiary/aromatic N) is 2. The van der Waals surface area contributed by atoms with Crippen LogP contribution in [0.4, 0.5) is 15.9 Å². The third-order valence-corrected chi connectivity index (χ3v) is 7.25. The Kier molecular flexibility index (Phi) is 8.29. The van der Waals surface area contributed by atoms with E-state index in [1.54, 1.807) is 24.3 Å². The van der Waals surface area contributed by atoms with Crippen LogP contribution >= 0.6 is 11.6 Å². The summed E-state index contributed by atoms with van der Waals surface area (Å²) in [7, 11) is -3.02. The van der Waals surface area contributed by atoms with E-state index in [0.717, 1.165) is 16.5 Å². The second-order valence-electron chi connectivity index (χ2n) is 9.22. The van der Waals surface area contributed by atoms with Crippen molar-refractivity contribution in [3.63, 3.8) is 0 Å². The van der Waals surface area contributed by atoms with Crippen LogP contribution < -0.4 is 15.4 Å². The SMILES string of the molecule is CS(=O)(=O)CCNCc1ccc(-c2ccc3ncnc(Nc4ccc(OCc5cccc([18F])c5)c(Cl)c4)c3c2)o1. The monoisotopic (exact) mass is 579 g/mol. The number of ether oxygens (including phenoxy) is 1. The van der Waals surface area contributed by atoms with Gasteiger partial charge < -0.3 is 19.8 Å². The fourth-order valence-corrected chi connectivity index (χ4v) is 4.78. The predicted octanol–water partition coefficient (Wildman–Crippen LogP) is 6.14. The second-order valence-corrected chi connectivity index (χ2v) is 11.9. The molecule has 2 N–H and O–H groups in total. The zero-order valence-electron chi connectivity index (χ0n) is 21.5. The van der Waals surface area contributed by atoms with Crippen LogP contribution in [-0.2, 0) is 23.0 Å². The van der Waals surface area contributed by atoms with E-state index >= 15 is 0 Å². The normalized spacial score (nSPS) is 11.6. The lowest BCUT2D eigenvalue weighted by atomic mass is 10.1. The second kappa shape index (κ2) is 12.0. The van der Waals surface area contributed by atoms with Crippen LogP contribution in [0.1, 0.15) is 11.3 Å². The quantitative estimate of drug-likeness (QED) is 0.180. The molecule has 8 nitrogen and oxygen atoms in total. The van der Waals surface area contributed by atoms with Gasteiger partial charge in [-0.15, -0.1) is 0 Å². The molecule has 5 rings (SSSR count). The molecule has 0 amide bonds. The number of hydrogen-bond donors (Lipinski definition) is 2. The van der Waals surface area contributed by atoms with Crippen LogP contribution in [0.5, 0.6) is 5.75 Å². The lowest BCUT2D eigenvalue weighted by molar-refractivity contribution is 0.306. The maximum atomic E-state index is 13.4. The van der Waals surface area contributed by atoms with Crippen LogP contribution in [0.2, 0.25) is 5.02 Å². The molecule has 2 heterocycles. The number of halogens is 2. The van der Waals surface area contributed by atoms with Gasteiger partial charge in [0.2, 0.25) is 0 Å². The maximum Gasteiger partial charge on any atom is 0.148 e. The summed E-state index contributed by atoms with van der Waals surface area (Å²) in [6.07, 6.45) is 2.69. The first kappa shape index (κ1) is 27.6. The number of furan rings is 1. The number of fused-ring (bicyclic) bond motifs is 1. The third-order valence-electron chi connectivity index (χ3n) is 6.01. The van der Waals surface area contributed by atoms with Crippen molar-refractivity contribution in [3.05, 3.63) is 101 Å². The smallest absolute Gasteiger partial charge is 0.148 e. The molecule has 0 bridgehead atoms. The summed E-state index contributed by atoms with van der Waals surface area (Å²) in [6, 6.07) is 21.0. The lowest BCUT2D eigenvalue weighted by Crippen LogP contribution is -2.21. The number of anilines is 2. The first-order chi connectivity index (χ1) is 19.2. The van der Waals surface area contributed by atoms with Gasteiger partial charge in [-0.2, -0.15) is 0 Å². The lowest BCUT2D eigenvalue weighted by Gasteiger charge is -2.12. The Bertz CT molecular complexity index is 1760. The average Bonchev–Trinajstić information content (AvgIpc) is 3.39. The van der Waals surface area contributed by atoms with Gasteiger partial charge >= 0.3 is 0 Å². The number of aromatic nitrogens is 2. The first-order valence-electron chi connectivity index (χ1n) is 12.4. The highest BCUT2D eigenvalue weighted by Gasteiger charge is 2.11. The fourth-order valence-electron chi connectivity index (χ4n) is 4.03. The highest BCUT2D eigenvalue weighted by Crippen LogP contribution is 2.32. The molecule has 3 aromatic carbocycles. The molecule has 0 unspecified atom stereocenters. The van der Waals surface area contributed by atoms with Crippen LogP contribution in [0.15, 0.2) is 83.5 Å². The third kappa shape index (κ3) is 7.15. The van der Waals surface area contributed by atoms with Crippen molar-refractivity contribution in [1.82, 2.24) is 15.3 Å². The van der Waals surface area contributed by atoms with Crippen molar-refractivity contribution >= 4 is 43.8 Å². The molecule has 0 radical (unpaired) electrons. The van der Waals surface area contributed by atoms with E-state index in [2.05, 4.69) is 20.6 Å². The molecule has 0 saturated heterocycles. The highest BCUT2D eigenvalue weighted by molar-refractivity contribution is 7.90. The zero-order chi connectivity index (χ0) is 28.1. The van der Waals surface area contributed by atoms with Crippen molar-refractivity contribution in [2.75, 3.05) is 23.9 Å². The van der Waals surface area contributed by atoms with Gasteiger partial charge in [0.1, 0.15) is 51.7 Å². The molecular formula is C29H26ClFN4O4S. The van der Waals surface area contributed by atoms with Gasteiger partial charge in [0, 0.05) is 29.4 Å². The number of benzene rings is 3. The number of nitrogens with one attached hydrogen (secondary N) is 2. The van der Waals surface area contributed by atoms with Crippen molar-refractivity contribution in [1.29, 1.82) is 0 Å². The number of sulfone groups is 1. The molecule has 206 valence electrons. The van der Waals surface area contributed by atoms with Crippen molar-refractivity contribution in [2.45, 2.75) is 13.2 Å². The number of rotatable bonds is 11. The molecule has 0 fully saturated rings. The Balaban J connectivity index is 1.29. The molecular weight excluding hydrogens is 554 g/mol. The Morgan fingerprint density at radius 1 is 1.02 bits per heavy atom. The van der Waals surface area contributed by atoms with Gasteiger partial charge in [0.15, 0.2) is 0 Å². The van der Waals surface area contributed by atoms with Crippen LogP contribution in [0.3, 0.4) is 0 Å². The Hall–Kier alpha value is -3.99. The van der Waals surface area contributed by atoms with E-state index in [-0.39, 0.29) is 18.2 Å². The van der Waals surface area contributed by atoms with Gasteiger partial charge in [0.25, 0.3) is 0 Å². The summed E-state index contributed by atoms with van der Waals surface area (Å²) in [6.45, 7) is 0.956. The standard InChI is InChI=1S/C29H26ClFN4O4S/c1-40(36,37)12-11-32-16-23-7-10-27(39-23)20-5-8-26-24(14-20)29(34-18-33-26)35-22-6-9-28(25(30)15-22)38-17-19-3-2-4-21(31)13-19/h2-10,13-15,18,32H,11-12,16-17H2,1H3,(H,33,34,35)/i31-1. The van der Waals surface area contributed by atoms with E-state index < -0.39 is 9.84 Å². The van der Waals surface area contributed by atoms with Gasteiger partial charge in [-0.05, 0) is 66.2 Å².